The fourth-order valence-corrected chi connectivity index (χ4v) is 5.70. The summed E-state index contributed by atoms with van der Waals surface area (Å²) >= 11 is 1.51. The van der Waals surface area contributed by atoms with Crippen molar-refractivity contribution in [3.8, 4) is 0 Å². The maximum absolute atomic E-state index is 12.6. The van der Waals surface area contributed by atoms with Crippen LogP contribution in [0.4, 0.5) is 5.69 Å². The van der Waals surface area contributed by atoms with Gasteiger partial charge in [-0.1, -0.05) is 17.7 Å². The topological polar surface area (TPSA) is 75.7 Å². The summed E-state index contributed by atoms with van der Waals surface area (Å²) in [5.74, 6) is 0.164. The molecule has 0 radical (unpaired) electrons. The molecule has 1 fully saturated rings. The Kier molecular flexibility index (Phi) is 7.00. The van der Waals surface area contributed by atoms with Crippen molar-refractivity contribution in [2.75, 3.05) is 37.4 Å². The summed E-state index contributed by atoms with van der Waals surface area (Å²) in [7, 11) is -3.53. The monoisotopic (exact) mass is 434 g/mol. The first-order valence-electron chi connectivity index (χ1n) is 9.46. The van der Waals surface area contributed by atoms with Crippen LogP contribution in [-0.4, -0.2) is 50.7 Å². The minimum Gasteiger partial charge on any atom is -0.379 e. The Morgan fingerprint density at radius 2 is 1.66 bits per heavy atom. The fraction of sp³-hybridized carbons (Fsp3) is 0.381. The number of nitrogens with zero attached hydrogens (tertiary/aromatic N) is 1. The number of thioether (sulfide) groups is 1. The van der Waals surface area contributed by atoms with Crippen LogP contribution in [0.25, 0.3) is 0 Å². The molecule has 29 heavy (non-hydrogen) atoms. The number of carbonyl (C=O) groups excluding carboxylic acids is 1. The largest absolute Gasteiger partial charge is 0.379 e. The second kappa shape index (κ2) is 9.30. The van der Waals surface area contributed by atoms with E-state index in [1.165, 1.54) is 33.8 Å². The van der Waals surface area contributed by atoms with E-state index in [9.17, 15) is 13.2 Å². The lowest BCUT2D eigenvalue weighted by atomic mass is 10.1. The van der Waals surface area contributed by atoms with Crippen LogP contribution < -0.4 is 5.32 Å². The number of aryl methyl sites for hydroxylation is 3. The molecule has 6 nitrogen and oxygen atoms in total. The number of hydrogen-bond donors (Lipinski definition) is 1. The van der Waals surface area contributed by atoms with Crippen LogP contribution in [0, 0.1) is 20.8 Å². The molecule has 0 spiro atoms. The number of carbonyl (C=O) groups is 1. The summed E-state index contributed by atoms with van der Waals surface area (Å²) < 4.78 is 31.9. The van der Waals surface area contributed by atoms with Crippen LogP contribution in [0.15, 0.2) is 46.2 Å². The number of amides is 1. The van der Waals surface area contributed by atoms with Crippen molar-refractivity contribution in [3.05, 3.63) is 53.1 Å². The van der Waals surface area contributed by atoms with Crippen LogP contribution in [0.1, 0.15) is 16.7 Å². The van der Waals surface area contributed by atoms with E-state index in [2.05, 4.69) is 24.4 Å². The molecule has 0 bridgehead atoms. The highest BCUT2D eigenvalue weighted by Gasteiger charge is 2.26. The lowest BCUT2D eigenvalue weighted by Gasteiger charge is -2.26. The van der Waals surface area contributed by atoms with Gasteiger partial charge in [0.05, 0.1) is 23.9 Å². The fourth-order valence-electron chi connectivity index (χ4n) is 3.38. The van der Waals surface area contributed by atoms with E-state index in [1.807, 2.05) is 13.8 Å². The van der Waals surface area contributed by atoms with E-state index < -0.39 is 10.0 Å². The standard InChI is InChI=1S/C21H26N2O4S2/c1-15-12-16(2)21(17(3)13-15)28-14-20(24)22-18-4-6-19(7-5-18)29(25,26)23-8-10-27-11-9-23/h4-7,12-13H,8-11,14H2,1-3H3,(H,22,24). The lowest BCUT2D eigenvalue weighted by molar-refractivity contribution is -0.113. The highest BCUT2D eigenvalue weighted by atomic mass is 32.2. The number of morpholine rings is 1. The maximum atomic E-state index is 12.6. The average Bonchev–Trinajstić information content (AvgIpc) is 2.68. The molecule has 1 heterocycles. The highest BCUT2D eigenvalue weighted by molar-refractivity contribution is 8.00. The molecule has 8 heteroatoms. The van der Waals surface area contributed by atoms with Crippen molar-refractivity contribution in [1.82, 2.24) is 4.31 Å². The summed E-state index contributed by atoms with van der Waals surface area (Å²) in [4.78, 5) is 13.7. The first-order valence-corrected chi connectivity index (χ1v) is 11.9. The zero-order valence-corrected chi connectivity index (χ0v) is 18.5. The SMILES string of the molecule is Cc1cc(C)c(SCC(=O)Nc2ccc(S(=O)(=O)N3CCOCC3)cc2)c(C)c1. The predicted octanol–water partition coefficient (Wildman–Crippen LogP) is 3.36. The van der Waals surface area contributed by atoms with Crippen LogP contribution in [0.2, 0.25) is 0 Å². The van der Waals surface area contributed by atoms with Gasteiger partial charge in [-0.15, -0.1) is 11.8 Å². The number of rotatable bonds is 6. The Morgan fingerprint density at radius 3 is 2.24 bits per heavy atom. The Hall–Kier alpha value is -1.87. The molecule has 0 saturated carbocycles. The van der Waals surface area contributed by atoms with Gasteiger partial charge in [-0.05, 0) is 56.2 Å². The van der Waals surface area contributed by atoms with Crippen LogP contribution in [-0.2, 0) is 19.6 Å². The molecule has 1 saturated heterocycles. The number of hydrogen-bond acceptors (Lipinski definition) is 5. The molecule has 0 unspecified atom stereocenters. The van der Waals surface area contributed by atoms with Gasteiger partial charge in [-0.25, -0.2) is 8.42 Å². The first-order chi connectivity index (χ1) is 13.8. The Balaban J connectivity index is 1.60. The molecule has 156 valence electrons. The van der Waals surface area contributed by atoms with Crippen molar-refractivity contribution >= 4 is 33.4 Å². The molecule has 1 aliphatic heterocycles. The minimum absolute atomic E-state index is 0.127. The van der Waals surface area contributed by atoms with Gasteiger partial charge >= 0.3 is 0 Å². The van der Waals surface area contributed by atoms with E-state index in [0.717, 1.165) is 16.0 Å². The van der Waals surface area contributed by atoms with Crippen LogP contribution in [0.5, 0.6) is 0 Å². The molecule has 0 atom stereocenters. The van der Waals surface area contributed by atoms with Gasteiger partial charge in [0.25, 0.3) is 0 Å². The van der Waals surface area contributed by atoms with Gasteiger partial charge in [0, 0.05) is 23.7 Å². The Labute approximate surface area is 176 Å². The van der Waals surface area contributed by atoms with Gasteiger partial charge in [0.1, 0.15) is 0 Å². The van der Waals surface area contributed by atoms with Gasteiger partial charge in [0.2, 0.25) is 15.9 Å². The number of sulfonamides is 1. The molecular formula is C21H26N2O4S2. The number of ether oxygens (including phenoxy) is 1. The second-order valence-corrected chi connectivity index (χ2v) is 10.0. The van der Waals surface area contributed by atoms with Gasteiger partial charge in [-0.2, -0.15) is 4.31 Å². The van der Waals surface area contributed by atoms with E-state index in [4.69, 9.17) is 4.74 Å². The molecular weight excluding hydrogens is 408 g/mol. The second-order valence-electron chi connectivity index (χ2n) is 7.11. The normalized spacial score (nSPS) is 15.3. The third kappa shape index (κ3) is 5.39. The average molecular weight is 435 g/mol. The van der Waals surface area contributed by atoms with Crippen molar-refractivity contribution in [1.29, 1.82) is 0 Å². The third-order valence-corrected chi connectivity index (χ3v) is 7.95. The molecule has 0 aliphatic carbocycles. The van der Waals surface area contributed by atoms with Gasteiger partial charge < -0.3 is 10.1 Å². The Morgan fingerprint density at radius 1 is 1.07 bits per heavy atom. The molecule has 2 aromatic rings. The van der Waals surface area contributed by atoms with Crippen molar-refractivity contribution < 1.29 is 17.9 Å². The lowest BCUT2D eigenvalue weighted by Crippen LogP contribution is -2.40. The van der Waals surface area contributed by atoms with E-state index >= 15 is 0 Å². The number of anilines is 1. The molecule has 0 aromatic heterocycles. The van der Waals surface area contributed by atoms with Gasteiger partial charge in [-0.3, -0.25) is 4.79 Å². The minimum atomic E-state index is -3.53. The van der Waals surface area contributed by atoms with Crippen molar-refractivity contribution in [2.24, 2.45) is 0 Å². The smallest absolute Gasteiger partial charge is 0.243 e. The number of benzene rings is 2. The first kappa shape index (κ1) is 21.8. The summed E-state index contributed by atoms with van der Waals surface area (Å²) in [5.41, 5.74) is 4.12. The highest BCUT2D eigenvalue weighted by Crippen LogP contribution is 2.27. The van der Waals surface area contributed by atoms with Crippen molar-refractivity contribution in [2.45, 2.75) is 30.6 Å². The number of nitrogens with one attached hydrogen (secondary N) is 1. The quantitative estimate of drug-likeness (QED) is 0.706. The van der Waals surface area contributed by atoms with Crippen LogP contribution >= 0.6 is 11.8 Å². The third-order valence-electron chi connectivity index (χ3n) is 4.70. The molecule has 2 aromatic carbocycles. The van der Waals surface area contributed by atoms with Crippen LogP contribution in [0.3, 0.4) is 0 Å². The zero-order valence-electron chi connectivity index (χ0n) is 16.9. The van der Waals surface area contributed by atoms with Crippen molar-refractivity contribution in [3.63, 3.8) is 0 Å². The van der Waals surface area contributed by atoms with E-state index in [0.29, 0.717) is 37.7 Å². The Bertz CT molecular complexity index is 959. The van der Waals surface area contributed by atoms with Gasteiger partial charge in [0.15, 0.2) is 0 Å². The summed E-state index contributed by atoms with van der Waals surface area (Å²) in [6.45, 7) is 7.69. The molecule has 1 N–H and O–H groups in total. The molecule has 3 rings (SSSR count). The predicted molar refractivity (Wildman–Crippen MR) is 116 cm³/mol. The maximum Gasteiger partial charge on any atom is 0.243 e. The molecule has 1 aliphatic rings. The summed E-state index contributed by atoms with van der Waals surface area (Å²) in [6, 6.07) is 10.5. The zero-order chi connectivity index (χ0) is 21.0. The van der Waals surface area contributed by atoms with E-state index in [1.54, 1.807) is 12.1 Å². The molecule has 1 amide bonds. The summed E-state index contributed by atoms with van der Waals surface area (Å²) in [6.07, 6.45) is 0. The van der Waals surface area contributed by atoms with E-state index in [-0.39, 0.29) is 10.8 Å². The summed E-state index contributed by atoms with van der Waals surface area (Å²) in [5, 5.41) is 2.83.